The first-order valence-corrected chi connectivity index (χ1v) is 7.01. The van der Waals surface area contributed by atoms with Crippen LogP contribution in [-0.2, 0) is 6.54 Å². The number of rotatable bonds is 6. The molecule has 2 rings (SSSR count). The predicted molar refractivity (Wildman–Crippen MR) is 77.3 cm³/mol. The van der Waals surface area contributed by atoms with Crippen LogP contribution in [0.1, 0.15) is 17.9 Å². The number of aryl methyl sites for hydroxylation is 1. The average molecular weight is 313 g/mol. The molecule has 0 radical (unpaired) electrons. The van der Waals surface area contributed by atoms with E-state index in [0.717, 1.165) is 16.6 Å². The molecule has 1 heterocycles. The molecule has 2 aromatic rings. The van der Waals surface area contributed by atoms with Crippen LogP contribution in [0.4, 0.5) is 13.2 Å². The molecule has 0 amide bonds. The molecule has 0 bridgehead atoms. The largest absolute Gasteiger partial charge is 0.401 e. The van der Waals surface area contributed by atoms with Gasteiger partial charge < -0.3 is 5.11 Å². The van der Waals surface area contributed by atoms with Gasteiger partial charge in [0, 0.05) is 24.2 Å². The van der Waals surface area contributed by atoms with Gasteiger partial charge >= 0.3 is 6.18 Å². The number of aliphatic hydroxyl groups is 1. The Morgan fingerprint density at radius 3 is 2.59 bits per heavy atom. The van der Waals surface area contributed by atoms with E-state index in [9.17, 15) is 13.2 Å². The van der Waals surface area contributed by atoms with Crippen molar-refractivity contribution >= 4 is 10.9 Å². The number of hydrogen-bond donors (Lipinski definition) is 1. The highest BCUT2D eigenvalue weighted by molar-refractivity contribution is 5.80. The van der Waals surface area contributed by atoms with Gasteiger partial charge in [-0.15, -0.1) is 0 Å². The van der Waals surface area contributed by atoms with E-state index >= 15 is 0 Å². The topological polar surface area (TPSA) is 49.2 Å². The Morgan fingerprint density at radius 2 is 1.91 bits per heavy atom. The first kappa shape index (κ1) is 16.6. The van der Waals surface area contributed by atoms with Gasteiger partial charge in [0.15, 0.2) is 0 Å². The Balaban J connectivity index is 2.21. The number of alkyl halides is 3. The van der Waals surface area contributed by atoms with Crippen LogP contribution in [0.3, 0.4) is 0 Å². The number of aromatic nitrogens is 2. The van der Waals surface area contributed by atoms with Crippen molar-refractivity contribution in [1.29, 1.82) is 0 Å². The first-order chi connectivity index (χ1) is 10.4. The van der Waals surface area contributed by atoms with Crippen molar-refractivity contribution in [3.63, 3.8) is 0 Å². The molecular formula is C15H18F3N3O. The molecule has 0 atom stereocenters. The van der Waals surface area contributed by atoms with Gasteiger partial charge in [-0.1, -0.05) is 18.2 Å². The zero-order valence-electron chi connectivity index (χ0n) is 12.3. The van der Waals surface area contributed by atoms with E-state index in [0.29, 0.717) is 5.82 Å². The Morgan fingerprint density at radius 1 is 1.18 bits per heavy atom. The normalized spacial score (nSPS) is 12.3. The molecule has 0 aliphatic rings. The van der Waals surface area contributed by atoms with E-state index < -0.39 is 12.7 Å². The molecule has 7 heteroatoms. The standard InChI is InChI=1S/C15H18F3N3O/c1-11-12-5-2-3-6-13(12)20-14(19-11)9-21(7-4-8-22)10-15(16,17)18/h2-3,5-6,22H,4,7-10H2,1H3. The number of para-hydroxylation sites is 1. The molecule has 1 aromatic carbocycles. The Kier molecular flexibility index (Phi) is 5.31. The van der Waals surface area contributed by atoms with Crippen LogP contribution in [0, 0.1) is 6.92 Å². The summed E-state index contributed by atoms with van der Waals surface area (Å²) in [6.07, 6.45) is -4.01. The second-order valence-corrected chi connectivity index (χ2v) is 5.15. The predicted octanol–water partition coefficient (Wildman–Crippen LogP) is 2.68. The summed E-state index contributed by atoms with van der Waals surface area (Å²) in [5.41, 5.74) is 1.47. The van der Waals surface area contributed by atoms with Gasteiger partial charge in [0.25, 0.3) is 0 Å². The Hall–Kier alpha value is -1.73. The summed E-state index contributed by atoms with van der Waals surface area (Å²) in [6.45, 7) is 0.778. The quantitative estimate of drug-likeness (QED) is 0.891. The van der Waals surface area contributed by atoms with Crippen molar-refractivity contribution in [1.82, 2.24) is 14.9 Å². The Bertz CT molecular complexity index is 631. The minimum absolute atomic E-state index is 0.00514. The number of halogens is 3. The Labute approximate surface area is 126 Å². The summed E-state index contributed by atoms with van der Waals surface area (Å²) in [5, 5.41) is 9.72. The fourth-order valence-corrected chi connectivity index (χ4v) is 2.33. The molecular weight excluding hydrogens is 295 g/mol. The highest BCUT2D eigenvalue weighted by atomic mass is 19.4. The van der Waals surface area contributed by atoms with Crippen LogP contribution in [-0.4, -0.2) is 45.8 Å². The van der Waals surface area contributed by atoms with E-state index in [-0.39, 0.29) is 26.1 Å². The van der Waals surface area contributed by atoms with Crippen LogP contribution < -0.4 is 0 Å². The number of benzene rings is 1. The minimum atomic E-state index is -4.29. The van der Waals surface area contributed by atoms with Gasteiger partial charge in [0.1, 0.15) is 5.82 Å². The molecule has 0 saturated heterocycles. The SMILES string of the molecule is Cc1nc(CN(CCCO)CC(F)(F)F)nc2ccccc12. The molecule has 0 fully saturated rings. The highest BCUT2D eigenvalue weighted by Gasteiger charge is 2.30. The van der Waals surface area contributed by atoms with Gasteiger partial charge in [-0.25, -0.2) is 9.97 Å². The van der Waals surface area contributed by atoms with Crippen molar-refractivity contribution < 1.29 is 18.3 Å². The number of hydrogen-bond acceptors (Lipinski definition) is 4. The van der Waals surface area contributed by atoms with E-state index in [1.165, 1.54) is 4.90 Å². The van der Waals surface area contributed by atoms with Gasteiger partial charge in [-0.2, -0.15) is 13.2 Å². The van der Waals surface area contributed by atoms with Crippen molar-refractivity contribution in [2.24, 2.45) is 0 Å². The molecule has 0 spiro atoms. The maximum Gasteiger partial charge on any atom is 0.401 e. The molecule has 120 valence electrons. The van der Waals surface area contributed by atoms with Gasteiger partial charge in [-0.05, 0) is 19.4 Å². The lowest BCUT2D eigenvalue weighted by molar-refractivity contribution is -0.147. The number of nitrogens with zero attached hydrogens (tertiary/aromatic N) is 3. The zero-order chi connectivity index (χ0) is 16.2. The van der Waals surface area contributed by atoms with Crippen molar-refractivity contribution in [2.75, 3.05) is 19.7 Å². The lowest BCUT2D eigenvalue weighted by Gasteiger charge is -2.22. The van der Waals surface area contributed by atoms with Crippen molar-refractivity contribution in [3.8, 4) is 0 Å². The zero-order valence-corrected chi connectivity index (χ0v) is 12.3. The maximum atomic E-state index is 12.6. The molecule has 0 aliphatic carbocycles. The maximum absolute atomic E-state index is 12.6. The summed E-state index contributed by atoms with van der Waals surface area (Å²) in [6, 6.07) is 7.40. The van der Waals surface area contributed by atoms with Crippen LogP contribution in [0.2, 0.25) is 0 Å². The van der Waals surface area contributed by atoms with E-state index in [1.54, 1.807) is 0 Å². The molecule has 0 aliphatic heterocycles. The number of aliphatic hydroxyl groups excluding tert-OH is 1. The fraction of sp³-hybridized carbons (Fsp3) is 0.467. The van der Waals surface area contributed by atoms with Gasteiger partial charge in [0.2, 0.25) is 0 Å². The van der Waals surface area contributed by atoms with Crippen LogP contribution in [0.25, 0.3) is 10.9 Å². The summed E-state index contributed by atoms with van der Waals surface area (Å²) in [5.74, 6) is 0.360. The first-order valence-electron chi connectivity index (χ1n) is 7.01. The molecule has 0 saturated carbocycles. The lowest BCUT2D eigenvalue weighted by atomic mass is 10.2. The molecule has 22 heavy (non-hydrogen) atoms. The summed E-state index contributed by atoms with van der Waals surface area (Å²) in [4.78, 5) is 9.84. The number of fused-ring (bicyclic) bond motifs is 1. The molecule has 1 aromatic heterocycles. The fourth-order valence-electron chi connectivity index (χ4n) is 2.33. The monoisotopic (exact) mass is 313 g/mol. The molecule has 1 N–H and O–H groups in total. The van der Waals surface area contributed by atoms with E-state index in [1.807, 2.05) is 31.2 Å². The van der Waals surface area contributed by atoms with Crippen LogP contribution in [0.5, 0.6) is 0 Å². The van der Waals surface area contributed by atoms with Crippen molar-refractivity contribution in [2.45, 2.75) is 26.1 Å². The van der Waals surface area contributed by atoms with Gasteiger partial charge in [0.05, 0.1) is 18.6 Å². The minimum Gasteiger partial charge on any atom is -0.396 e. The lowest BCUT2D eigenvalue weighted by Crippen LogP contribution is -2.35. The van der Waals surface area contributed by atoms with Crippen LogP contribution >= 0.6 is 0 Å². The summed E-state index contributed by atoms with van der Waals surface area (Å²) in [7, 11) is 0. The molecule has 4 nitrogen and oxygen atoms in total. The van der Waals surface area contributed by atoms with E-state index in [2.05, 4.69) is 9.97 Å². The van der Waals surface area contributed by atoms with Crippen molar-refractivity contribution in [3.05, 3.63) is 35.8 Å². The second-order valence-electron chi connectivity index (χ2n) is 5.15. The third kappa shape index (κ3) is 4.64. The second kappa shape index (κ2) is 7.02. The van der Waals surface area contributed by atoms with Crippen LogP contribution in [0.15, 0.2) is 24.3 Å². The smallest absolute Gasteiger partial charge is 0.396 e. The van der Waals surface area contributed by atoms with Gasteiger partial charge in [-0.3, -0.25) is 4.90 Å². The van der Waals surface area contributed by atoms with E-state index in [4.69, 9.17) is 5.11 Å². The third-order valence-corrected chi connectivity index (χ3v) is 3.24. The molecule has 0 unspecified atom stereocenters. The third-order valence-electron chi connectivity index (χ3n) is 3.24. The average Bonchev–Trinajstić information content (AvgIpc) is 2.43. The summed E-state index contributed by atoms with van der Waals surface area (Å²) >= 11 is 0. The summed E-state index contributed by atoms with van der Waals surface area (Å²) < 4.78 is 37.9. The highest BCUT2D eigenvalue weighted by Crippen LogP contribution is 2.19.